The monoisotopic (exact) mass is 275 g/mol. The fourth-order valence-electron chi connectivity index (χ4n) is 2.97. The summed E-state index contributed by atoms with van der Waals surface area (Å²) >= 11 is 0. The van der Waals surface area contributed by atoms with Crippen molar-refractivity contribution in [3.8, 4) is 0 Å². The van der Waals surface area contributed by atoms with Crippen LogP contribution in [0.25, 0.3) is 0 Å². The molecule has 0 saturated heterocycles. The summed E-state index contributed by atoms with van der Waals surface area (Å²) < 4.78 is 5.04. The van der Waals surface area contributed by atoms with Crippen molar-refractivity contribution in [2.45, 2.75) is 52.0 Å². The van der Waals surface area contributed by atoms with Gasteiger partial charge in [0.2, 0.25) is 0 Å². The smallest absolute Gasteiger partial charge is 0.338 e. The van der Waals surface area contributed by atoms with Gasteiger partial charge in [-0.05, 0) is 50.8 Å². The number of hydrogen-bond donors (Lipinski definition) is 1. The van der Waals surface area contributed by atoms with Crippen LogP contribution in [0.2, 0.25) is 0 Å². The molecule has 0 aromatic heterocycles. The third-order valence-corrected chi connectivity index (χ3v) is 4.12. The molecule has 3 heteroatoms. The molecule has 0 aliphatic heterocycles. The molecule has 3 nitrogen and oxygen atoms in total. The lowest BCUT2D eigenvalue weighted by molar-refractivity contribution is 0.0526. The molecule has 0 radical (unpaired) electrons. The average Bonchev–Trinajstić information content (AvgIpc) is 2.48. The number of nitrogens with one attached hydrogen (secondary N) is 1. The number of rotatable bonds is 5. The molecule has 0 heterocycles. The fraction of sp³-hybridized carbons (Fsp3) is 0.588. The van der Waals surface area contributed by atoms with E-state index in [0.29, 0.717) is 18.2 Å². The van der Waals surface area contributed by atoms with Gasteiger partial charge in [0.05, 0.1) is 12.2 Å². The number of benzene rings is 1. The largest absolute Gasteiger partial charge is 0.462 e. The minimum atomic E-state index is -0.249. The first-order chi connectivity index (χ1) is 9.70. The minimum absolute atomic E-state index is 0.249. The minimum Gasteiger partial charge on any atom is -0.462 e. The van der Waals surface area contributed by atoms with E-state index in [0.717, 1.165) is 11.6 Å². The Balaban J connectivity index is 1.98. The topological polar surface area (TPSA) is 38.3 Å². The second-order valence-electron chi connectivity index (χ2n) is 5.63. The van der Waals surface area contributed by atoms with Gasteiger partial charge in [0.1, 0.15) is 0 Å². The Bertz CT molecular complexity index is 438. The van der Waals surface area contributed by atoms with E-state index in [1.54, 1.807) is 6.07 Å². The summed E-state index contributed by atoms with van der Waals surface area (Å²) in [4.78, 5) is 11.7. The van der Waals surface area contributed by atoms with Crippen molar-refractivity contribution < 1.29 is 9.53 Å². The summed E-state index contributed by atoms with van der Waals surface area (Å²) in [7, 11) is 0. The molecule has 1 unspecified atom stereocenters. The molecule has 1 fully saturated rings. The lowest BCUT2D eigenvalue weighted by atomic mass is 9.84. The fourth-order valence-corrected chi connectivity index (χ4v) is 2.97. The quantitative estimate of drug-likeness (QED) is 0.817. The van der Waals surface area contributed by atoms with Gasteiger partial charge in [0, 0.05) is 11.7 Å². The van der Waals surface area contributed by atoms with Gasteiger partial charge in [-0.1, -0.05) is 25.3 Å². The molecule has 1 aromatic carbocycles. The highest BCUT2D eigenvalue weighted by atomic mass is 16.5. The summed E-state index contributed by atoms with van der Waals surface area (Å²) in [5, 5.41) is 3.54. The maximum atomic E-state index is 11.7. The number of ether oxygens (including phenoxy) is 1. The van der Waals surface area contributed by atoms with Crippen LogP contribution >= 0.6 is 0 Å². The normalized spacial score (nSPS) is 17.5. The SMILES string of the molecule is CCOC(=O)c1cccc(NC(C)C2CCCCC2)c1. The van der Waals surface area contributed by atoms with Crippen molar-refractivity contribution in [1.29, 1.82) is 0 Å². The molecule has 0 amide bonds. The van der Waals surface area contributed by atoms with E-state index in [1.165, 1.54) is 32.1 Å². The predicted octanol–water partition coefficient (Wildman–Crippen LogP) is 4.24. The number of esters is 1. The zero-order chi connectivity index (χ0) is 14.4. The molecule has 110 valence electrons. The van der Waals surface area contributed by atoms with E-state index in [4.69, 9.17) is 4.74 Å². The molecule has 1 aliphatic rings. The Hall–Kier alpha value is -1.51. The Kier molecular flexibility index (Phi) is 5.45. The van der Waals surface area contributed by atoms with Crippen molar-refractivity contribution in [3.63, 3.8) is 0 Å². The summed E-state index contributed by atoms with van der Waals surface area (Å²) in [5.74, 6) is 0.497. The van der Waals surface area contributed by atoms with E-state index in [2.05, 4.69) is 12.2 Å². The molecule has 1 aromatic rings. The average molecular weight is 275 g/mol. The Labute approximate surface area is 121 Å². The molecule has 1 aliphatic carbocycles. The van der Waals surface area contributed by atoms with Gasteiger partial charge in [-0.15, -0.1) is 0 Å². The van der Waals surface area contributed by atoms with Crippen LogP contribution in [0.5, 0.6) is 0 Å². The number of carbonyl (C=O) groups is 1. The predicted molar refractivity (Wildman–Crippen MR) is 82.1 cm³/mol. The standard InChI is InChI=1S/C17H25NO2/c1-3-20-17(19)15-10-7-11-16(12-15)18-13(2)14-8-5-4-6-9-14/h7,10-14,18H,3-6,8-9H2,1-2H3. The lowest BCUT2D eigenvalue weighted by Gasteiger charge is -2.29. The third-order valence-electron chi connectivity index (χ3n) is 4.12. The van der Waals surface area contributed by atoms with Gasteiger partial charge in [-0.2, -0.15) is 0 Å². The van der Waals surface area contributed by atoms with Crippen molar-refractivity contribution in [2.24, 2.45) is 5.92 Å². The van der Waals surface area contributed by atoms with Crippen molar-refractivity contribution in [1.82, 2.24) is 0 Å². The van der Waals surface area contributed by atoms with Gasteiger partial charge in [0.25, 0.3) is 0 Å². The second-order valence-corrected chi connectivity index (χ2v) is 5.63. The van der Waals surface area contributed by atoms with Gasteiger partial charge in [-0.3, -0.25) is 0 Å². The van der Waals surface area contributed by atoms with E-state index in [1.807, 2.05) is 25.1 Å². The summed E-state index contributed by atoms with van der Waals surface area (Å²) in [6.45, 7) is 4.48. The Morgan fingerprint density at radius 3 is 2.80 bits per heavy atom. The Morgan fingerprint density at radius 2 is 2.10 bits per heavy atom. The van der Waals surface area contributed by atoms with Crippen LogP contribution in [0.3, 0.4) is 0 Å². The highest BCUT2D eigenvalue weighted by Gasteiger charge is 2.20. The zero-order valence-electron chi connectivity index (χ0n) is 12.5. The first kappa shape index (κ1) is 14.9. The van der Waals surface area contributed by atoms with Gasteiger partial charge >= 0.3 is 5.97 Å². The van der Waals surface area contributed by atoms with Gasteiger partial charge < -0.3 is 10.1 Å². The first-order valence-electron chi connectivity index (χ1n) is 7.74. The van der Waals surface area contributed by atoms with Crippen LogP contribution < -0.4 is 5.32 Å². The zero-order valence-corrected chi connectivity index (χ0v) is 12.5. The van der Waals surface area contributed by atoms with E-state index < -0.39 is 0 Å². The molecule has 0 bridgehead atoms. The molecule has 0 spiro atoms. The van der Waals surface area contributed by atoms with Crippen LogP contribution in [0.4, 0.5) is 5.69 Å². The van der Waals surface area contributed by atoms with Crippen molar-refractivity contribution in [3.05, 3.63) is 29.8 Å². The summed E-state index contributed by atoms with van der Waals surface area (Å²) in [6.07, 6.45) is 6.69. The van der Waals surface area contributed by atoms with Crippen LogP contribution in [0, 0.1) is 5.92 Å². The molecular formula is C17H25NO2. The van der Waals surface area contributed by atoms with Crippen molar-refractivity contribution >= 4 is 11.7 Å². The molecule has 1 saturated carbocycles. The maximum absolute atomic E-state index is 11.7. The van der Waals surface area contributed by atoms with E-state index in [-0.39, 0.29) is 5.97 Å². The van der Waals surface area contributed by atoms with Crippen LogP contribution in [-0.4, -0.2) is 18.6 Å². The number of carbonyl (C=O) groups excluding carboxylic acids is 1. The van der Waals surface area contributed by atoms with Crippen LogP contribution in [0.1, 0.15) is 56.3 Å². The van der Waals surface area contributed by atoms with Gasteiger partial charge in [0.15, 0.2) is 0 Å². The molecular weight excluding hydrogens is 250 g/mol. The molecule has 1 atom stereocenters. The van der Waals surface area contributed by atoms with Gasteiger partial charge in [-0.25, -0.2) is 4.79 Å². The maximum Gasteiger partial charge on any atom is 0.338 e. The summed E-state index contributed by atoms with van der Waals surface area (Å²) in [6, 6.07) is 8.06. The Morgan fingerprint density at radius 1 is 1.35 bits per heavy atom. The molecule has 20 heavy (non-hydrogen) atoms. The molecule has 1 N–H and O–H groups in total. The molecule has 2 rings (SSSR count). The lowest BCUT2D eigenvalue weighted by Crippen LogP contribution is -2.27. The van der Waals surface area contributed by atoms with E-state index >= 15 is 0 Å². The summed E-state index contributed by atoms with van der Waals surface area (Å²) in [5.41, 5.74) is 1.63. The third kappa shape index (κ3) is 3.99. The second kappa shape index (κ2) is 7.32. The van der Waals surface area contributed by atoms with Crippen molar-refractivity contribution in [2.75, 3.05) is 11.9 Å². The number of hydrogen-bond acceptors (Lipinski definition) is 3. The van der Waals surface area contributed by atoms with Crippen LogP contribution in [-0.2, 0) is 4.74 Å². The van der Waals surface area contributed by atoms with E-state index in [9.17, 15) is 4.79 Å². The van der Waals surface area contributed by atoms with Crippen LogP contribution in [0.15, 0.2) is 24.3 Å². The highest BCUT2D eigenvalue weighted by Crippen LogP contribution is 2.28. The highest BCUT2D eigenvalue weighted by molar-refractivity contribution is 5.90. The first-order valence-corrected chi connectivity index (χ1v) is 7.74. The number of anilines is 1.